The highest BCUT2D eigenvalue weighted by Gasteiger charge is 2.15. The van der Waals surface area contributed by atoms with Crippen molar-refractivity contribution in [2.24, 2.45) is 0 Å². The Kier molecular flexibility index (Phi) is 3.23. The van der Waals surface area contributed by atoms with Gasteiger partial charge in [-0.1, -0.05) is 0 Å². The molecule has 1 N–H and O–H groups in total. The zero-order chi connectivity index (χ0) is 10.7. The van der Waals surface area contributed by atoms with Gasteiger partial charge in [-0.25, -0.2) is 0 Å². The van der Waals surface area contributed by atoms with Gasteiger partial charge in [0.15, 0.2) is 0 Å². The SMILES string of the molecule is CNCCc1cc2c(cc1OC)COC2. The molecule has 0 saturated heterocycles. The van der Waals surface area contributed by atoms with Gasteiger partial charge in [0.25, 0.3) is 0 Å². The fourth-order valence-electron chi connectivity index (χ4n) is 1.90. The number of hydrogen-bond acceptors (Lipinski definition) is 3. The number of benzene rings is 1. The maximum Gasteiger partial charge on any atom is 0.122 e. The van der Waals surface area contributed by atoms with Gasteiger partial charge in [0, 0.05) is 0 Å². The van der Waals surface area contributed by atoms with Crippen LogP contribution in [0.3, 0.4) is 0 Å². The number of likely N-dealkylation sites (N-methyl/N-ethyl adjacent to an activating group) is 1. The van der Waals surface area contributed by atoms with Crippen LogP contribution < -0.4 is 10.1 Å². The molecule has 1 aliphatic rings. The smallest absolute Gasteiger partial charge is 0.122 e. The Balaban J connectivity index is 2.27. The second kappa shape index (κ2) is 4.64. The molecule has 0 bridgehead atoms. The van der Waals surface area contributed by atoms with E-state index in [0.717, 1.165) is 31.9 Å². The Hall–Kier alpha value is -1.06. The van der Waals surface area contributed by atoms with Crippen molar-refractivity contribution in [1.82, 2.24) is 5.32 Å². The topological polar surface area (TPSA) is 30.5 Å². The first kappa shape index (κ1) is 10.5. The molecular weight excluding hydrogens is 190 g/mol. The van der Waals surface area contributed by atoms with Crippen LogP contribution in [0, 0.1) is 0 Å². The number of methoxy groups -OCH3 is 1. The van der Waals surface area contributed by atoms with Crippen molar-refractivity contribution in [3.8, 4) is 5.75 Å². The molecule has 0 fully saturated rings. The van der Waals surface area contributed by atoms with Crippen LogP contribution >= 0.6 is 0 Å². The fraction of sp³-hybridized carbons (Fsp3) is 0.500. The van der Waals surface area contributed by atoms with Gasteiger partial charge in [-0.15, -0.1) is 0 Å². The van der Waals surface area contributed by atoms with Gasteiger partial charge in [-0.3, -0.25) is 0 Å². The largest absolute Gasteiger partial charge is 0.496 e. The normalized spacial score (nSPS) is 14.0. The quantitative estimate of drug-likeness (QED) is 0.811. The molecule has 0 saturated carbocycles. The minimum Gasteiger partial charge on any atom is -0.496 e. The average molecular weight is 207 g/mol. The van der Waals surface area contributed by atoms with E-state index in [4.69, 9.17) is 9.47 Å². The van der Waals surface area contributed by atoms with Crippen LogP contribution in [0.5, 0.6) is 5.75 Å². The van der Waals surface area contributed by atoms with Gasteiger partial charge in [0.1, 0.15) is 5.75 Å². The number of rotatable bonds is 4. The first-order chi connectivity index (χ1) is 7.35. The third-order valence-corrected chi connectivity index (χ3v) is 2.76. The summed E-state index contributed by atoms with van der Waals surface area (Å²) in [5.41, 5.74) is 3.83. The van der Waals surface area contributed by atoms with Crippen molar-refractivity contribution in [2.45, 2.75) is 19.6 Å². The molecule has 3 heteroatoms. The molecule has 0 amide bonds. The van der Waals surface area contributed by atoms with Crippen LogP contribution in [-0.4, -0.2) is 20.7 Å². The Labute approximate surface area is 90.4 Å². The van der Waals surface area contributed by atoms with Gasteiger partial charge in [-0.2, -0.15) is 0 Å². The first-order valence-corrected chi connectivity index (χ1v) is 5.26. The number of hydrogen-bond donors (Lipinski definition) is 1. The van der Waals surface area contributed by atoms with Crippen molar-refractivity contribution in [2.75, 3.05) is 20.7 Å². The van der Waals surface area contributed by atoms with E-state index in [1.165, 1.54) is 16.7 Å². The summed E-state index contributed by atoms with van der Waals surface area (Å²) >= 11 is 0. The van der Waals surface area contributed by atoms with E-state index < -0.39 is 0 Å². The summed E-state index contributed by atoms with van der Waals surface area (Å²) in [7, 11) is 3.68. The summed E-state index contributed by atoms with van der Waals surface area (Å²) in [5, 5.41) is 3.15. The van der Waals surface area contributed by atoms with E-state index in [1.807, 2.05) is 7.05 Å². The molecule has 2 rings (SSSR count). The first-order valence-electron chi connectivity index (χ1n) is 5.26. The van der Waals surface area contributed by atoms with Crippen molar-refractivity contribution < 1.29 is 9.47 Å². The van der Waals surface area contributed by atoms with Crippen LogP contribution in [0.4, 0.5) is 0 Å². The lowest BCUT2D eigenvalue weighted by Gasteiger charge is -2.10. The summed E-state index contributed by atoms with van der Waals surface area (Å²) in [5.74, 6) is 0.981. The Bertz CT molecular complexity index is 350. The van der Waals surface area contributed by atoms with Crippen LogP contribution in [0.15, 0.2) is 12.1 Å². The van der Waals surface area contributed by atoms with Gasteiger partial charge in [-0.05, 0) is 48.8 Å². The second-order valence-electron chi connectivity index (χ2n) is 3.78. The zero-order valence-corrected chi connectivity index (χ0v) is 9.30. The molecule has 1 heterocycles. The van der Waals surface area contributed by atoms with Crippen LogP contribution in [0.2, 0.25) is 0 Å². The lowest BCUT2D eigenvalue weighted by atomic mass is 10.0. The van der Waals surface area contributed by atoms with E-state index in [9.17, 15) is 0 Å². The second-order valence-corrected chi connectivity index (χ2v) is 3.78. The molecule has 82 valence electrons. The predicted octanol–water partition coefficient (Wildman–Crippen LogP) is 1.49. The van der Waals surface area contributed by atoms with E-state index in [1.54, 1.807) is 7.11 Å². The lowest BCUT2D eigenvalue weighted by molar-refractivity contribution is 0.134. The van der Waals surface area contributed by atoms with Crippen molar-refractivity contribution >= 4 is 0 Å². The summed E-state index contributed by atoms with van der Waals surface area (Å²) in [6.07, 6.45) is 0.993. The Morgan fingerprint density at radius 3 is 2.73 bits per heavy atom. The van der Waals surface area contributed by atoms with Crippen molar-refractivity contribution in [3.63, 3.8) is 0 Å². The van der Waals surface area contributed by atoms with Crippen LogP contribution in [0.1, 0.15) is 16.7 Å². The van der Waals surface area contributed by atoms with E-state index in [-0.39, 0.29) is 0 Å². The minimum absolute atomic E-state index is 0.720. The summed E-state index contributed by atoms with van der Waals surface area (Å²) in [4.78, 5) is 0. The van der Waals surface area contributed by atoms with E-state index in [2.05, 4.69) is 17.4 Å². The third-order valence-electron chi connectivity index (χ3n) is 2.76. The Morgan fingerprint density at radius 2 is 2.07 bits per heavy atom. The van der Waals surface area contributed by atoms with Gasteiger partial charge < -0.3 is 14.8 Å². The summed E-state index contributed by atoms with van der Waals surface area (Å²) < 4.78 is 10.8. The van der Waals surface area contributed by atoms with Crippen LogP contribution in [-0.2, 0) is 24.4 Å². The highest BCUT2D eigenvalue weighted by atomic mass is 16.5. The maximum absolute atomic E-state index is 5.40. The molecule has 1 aromatic carbocycles. The average Bonchev–Trinajstić information content (AvgIpc) is 2.71. The molecule has 0 atom stereocenters. The molecular formula is C12H17NO2. The molecule has 0 unspecified atom stereocenters. The molecule has 0 aromatic heterocycles. The summed E-state index contributed by atoms with van der Waals surface area (Å²) in [6.45, 7) is 2.43. The third kappa shape index (κ3) is 2.13. The number of ether oxygens (including phenoxy) is 2. The molecule has 15 heavy (non-hydrogen) atoms. The molecule has 0 aliphatic carbocycles. The van der Waals surface area contributed by atoms with Crippen LogP contribution in [0.25, 0.3) is 0 Å². The van der Waals surface area contributed by atoms with E-state index in [0.29, 0.717) is 0 Å². The minimum atomic E-state index is 0.720. The maximum atomic E-state index is 5.40. The fourth-order valence-corrected chi connectivity index (χ4v) is 1.90. The molecule has 1 aromatic rings. The van der Waals surface area contributed by atoms with Crippen molar-refractivity contribution in [1.29, 1.82) is 0 Å². The predicted molar refractivity (Wildman–Crippen MR) is 59.1 cm³/mol. The van der Waals surface area contributed by atoms with E-state index >= 15 is 0 Å². The zero-order valence-electron chi connectivity index (χ0n) is 9.30. The molecule has 1 aliphatic heterocycles. The Morgan fingerprint density at radius 1 is 1.33 bits per heavy atom. The lowest BCUT2D eigenvalue weighted by Crippen LogP contribution is -2.11. The molecule has 3 nitrogen and oxygen atoms in total. The van der Waals surface area contributed by atoms with Gasteiger partial charge in [0.05, 0.1) is 20.3 Å². The highest BCUT2D eigenvalue weighted by molar-refractivity contribution is 5.43. The standard InChI is InChI=1S/C12H17NO2/c1-13-4-3-9-5-10-7-15-8-11(10)6-12(9)14-2/h5-6,13H,3-4,7-8H2,1-2H3. The molecule has 0 spiro atoms. The number of nitrogens with one attached hydrogen (secondary N) is 1. The summed E-state index contributed by atoms with van der Waals surface area (Å²) in [6, 6.07) is 4.31. The van der Waals surface area contributed by atoms with Gasteiger partial charge >= 0.3 is 0 Å². The number of fused-ring (bicyclic) bond motifs is 1. The van der Waals surface area contributed by atoms with Gasteiger partial charge in [0.2, 0.25) is 0 Å². The molecule has 0 radical (unpaired) electrons. The highest BCUT2D eigenvalue weighted by Crippen LogP contribution is 2.28. The monoisotopic (exact) mass is 207 g/mol. The van der Waals surface area contributed by atoms with Crippen molar-refractivity contribution in [3.05, 3.63) is 28.8 Å².